The molecule has 1 heterocycles. The van der Waals surface area contributed by atoms with Gasteiger partial charge >= 0.3 is 56.2 Å². The zero-order valence-electron chi connectivity index (χ0n) is 13.4. The number of hydrogen-bond acceptors (Lipinski definition) is 2. The van der Waals surface area contributed by atoms with Gasteiger partial charge in [-0.05, 0) is 20.3 Å². The van der Waals surface area contributed by atoms with E-state index in [-0.39, 0.29) is 41.6 Å². The fourth-order valence-electron chi connectivity index (χ4n) is 0.786. The maximum Gasteiger partial charge on any atom is 2.00 e. The van der Waals surface area contributed by atoms with Gasteiger partial charge in [-0.2, -0.15) is 6.42 Å². The third kappa shape index (κ3) is 59.3. The van der Waals surface area contributed by atoms with Gasteiger partial charge in [-0.3, -0.25) is 0 Å². The van der Waals surface area contributed by atoms with E-state index < -0.39 is 0 Å². The summed E-state index contributed by atoms with van der Waals surface area (Å²) in [6.45, 7) is 12.8. The summed E-state index contributed by atoms with van der Waals surface area (Å²) in [5.74, 6) is 0. The Morgan fingerprint density at radius 3 is 1.80 bits per heavy atom. The van der Waals surface area contributed by atoms with E-state index in [0.717, 1.165) is 19.4 Å². The van der Waals surface area contributed by atoms with Crippen molar-refractivity contribution in [1.29, 1.82) is 0 Å². The third-order valence-corrected chi connectivity index (χ3v) is 2.08. The van der Waals surface area contributed by atoms with Gasteiger partial charge in [-0.25, -0.2) is 0 Å². The SMILES string of the molecule is CCCCC[C@@H](C)O.C[C@@H]1CO1.[CH2-]CCC.[Cl-].[Cu][I].[Mg+2]. The summed E-state index contributed by atoms with van der Waals surface area (Å²) in [4.78, 5) is 0. The number of hydrogen-bond donors (Lipinski definition) is 1. The van der Waals surface area contributed by atoms with Crippen molar-refractivity contribution in [3.63, 3.8) is 0 Å². The first-order valence-corrected chi connectivity index (χ1v) is 9.82. The molecule has 0 aromatic heterocycles. The molecule has 1 fully saturated rings. The van der Waals surface area contributed by atoms with Crippen LogP contribution in [0.15, 0.2) is 0 Å². The summed E-state index contributed by atoms with van der Waals surface area (Å²) >= 11 is 5.87. The summed E-state index contributed by atoms with van der Waals surface area (Å²) in [5, 5.41) is 8.78. The Hall–Kier alpha value is 2.23. The van der Waals surface area contributed by atoms with E-state index in [1.165, 1.54) is 25.7 Å². The molecule has 1 aliphatic rings. The molecule has 126 valence electrons. The molecule has 1 rings (SSSR count). The van der Waals surface area contributed by atoms with Crippen LogP contribution in [0.2, 0.25) is 0 Å². The molecule has 0 radical (unpaired) electrons. The Kier molecular flexibility index (Phi) is 55.6. The predicted octanol–water partition coefficient (Wildman–Crippen LogP) is 1.48. The standard InChI is InChI=1S/C7H16O.C4H9.C3H6O.ClH.Cu.HI.Mg/c1-3-4-5-6-7(2)8;1-3-4-2;1-3-2-4-3;;;;/h7-8H,3-6H2,1-2H3;1,3-4H2,2H3;3H,2H2,1H3;1H;;1H;/q;-1;;;+1;;+2/p-2/t7-;;3-;;;;/m1.1..../s1. The van der Waals surface area contributed by atoms with Gasteiger partial charge in [0, 0.05) is 0 Å². The van der Waals surface area contributed by atoms with E-state index in [0.29, 0.717) is 6.10 Å². The van der Waals surface area contributed by atoms with E-state index in [9.17, 15) is 0 Å². The van der Waals surface area contributed by atoms with Gasteiger partial charge in [-0.15, -0.1) is 0 Å². The van der Waals surface area contributed by atoms with E-state index in [2.05, 4.69) is 40.5 Å². The topological polar surface area (TPSA) is 32.8 Å². The second-order valence-corrected chi connectivity index (χ2v) is 4.34. The minimum atomic E-state index is -0.0958. The number of halogens is 2. The van der Waals surface area contributed by atoms with Crippen LogP contribution in [0, 0.1) is 6.92 Å². The Morgan fingerprint density at radius 2 is 1.65 bits per heavy atom. The van der Waals surface area contributed by atoms with Gasteiger partial charge in [0.25, 0.3) is 0 Å². The van der Waals surface area contributed by atoms with Gasteiger partial charge in [0.15, 0.2) is 0 Å². The minimum Gasteiger partial charge on any atom is 2.00 e. The molecule has 0 unspecified atom stereocenters. The van der Waals surface area contributed by atoms with Crippen molar-refractivity contribution < 1.29 is 35.0 Å². The number of epoxide rings is 1. The van der Waals surface area contributed by atoms with Crippen LogP contribution in [0.1, 0.15) is 66.2 Å². The molecule has 1 aliphatic heterocycles. The van der Waals surface area contributed by atoms with Crippen LogP contribution >= 0.6 is 20.3 Å². The first kappa shape index (κ1) is 33.7. The first-order valence-electron chi connectivity index (χ1n) is 6.78. The van der Waals surface area contributed by atoms with E-state index >= 15 is 0 Å². The zero-order chi connectivity index (χ0) is 14.8. The van der Waals surface area contributed by atoms with Crippen LogP contribution in [0.25, 0.3) is 0 Å². The zero-order valence-corrected chi connectivity index (χ0v) is 18.7. The number of ether oxygens (including phenoxy) is 1. The minimum absolute atomic E-state index is 0. The summed E-state index contributed by atoms with van der Waals surface area (Å²) in [7, 11) is 0. The van der Waals surface area contributed by atoms with Crippen molar-refractivity contribution in [2.45, 2.75) is 78.4 Å². The predicted molar refractivity (Wildman–Crippen MR) is 91.3 cm³/mol. The first-order chi connectivity index (χ1) is 8.58. The van der Waals surface area contributed by atoms with Crippen molar-refractivity contribution in [1.82, 2.24) is 0 Å². The number of unbranched alkanes of at least 4 members (excludes halogenated alkanes) is 3. The number of aliphatic hydroxyl groups is 1. The van der Waals surface area contributed by atoms with Gasteiger partial charge in [-0.1, -0.05) is 39.5 Å². The fourth-order valence-corrected chi connectivity index (χ4v) is 0.786. The average molecular weight is 482 g/mol. The summed E-state index contributed by atoms with van der Waals surface area (Å²) < 4.78 is 4.71. The van der Waals surface area contributed by atoms with Gasteiger partial charge in [0.05, 0.1) is 18.8 Å². The largest absolute Gasteiger partial charge is 2.00 e. The van der Waals surface area contributed by atoms with E-state index in [1.54, 1.807) is 20.3 Å². The maximum atomic E-state index is 8.78. The number of aliphatic hydroxyl groups excluding tert-OH is 1. The molecule has 0 aromatic rings. The molecule has 2 atom stereocenters. The Bertz CT molecular complexity index is 130. The van der Waals surface area contributed by atoms with Crippen LogP contribution in [0.3, 0.4) is 0 Å². The fraction of sp³-hybridized carbons (Fsp3) is 0.929. The molecule has 0 aliphatic carbocycles. The molecule has 0 aromatic carbocycles. The monoisotopic (exact) mass is 480 g/mol. The molecule has 0 spiro atoms. The molecule has 0 bridgehead atoms. The molecule has 20 heavy (non-hydrogen) atoms. The van der Waals surface area contributed by atoms with Crippen LogP contribution in [0.4, 0.5) is 0 Å². The third-order valence-electron chi connectivity index (χ3n) is 2.08. The smallest absolute Gasteiger partial charge is 2.00 e. The molecular weight excluding hydrogens is 450 g/mol. The van der Waals surface area contributed by atoms with Crippen LogP contribution < -0.4 is 12.4 Å². The molecule has 2 nitrogen and oxygen atoms in total. The van der Waals surface area contributed by atoms with Crippen LogP contribution in [-0.4, -0.2) is 47.0 Å². The second kappa shape index (κ2) is 33.0. The molecular formula is C14H31ClCuIMgO2. The number of rotatable bonds is 5. The quantitative estimate of drug-likeness (QED) is 0.212. The van der Waals surface area contributed by atoms with Crippen molar-refractivity contribution in [2.75, 3.05) is 6.61 Å². The maximum absolute atomic E-state index is 8.78. The Balaban J connectivity index is -0.0000000538. The molecule has 1 N–H and O–H groups in total. The van der Waals surface area contributed by atoms with Gasteiger partial charge < -0.3 is 29.2 Å². The Morgan fingerprint density at radius 1 is 1.30 bits per heavy atom. The van der Waals surface area contributed by atoms with Crippen LogP contribution in [-0.2, 0) is 17.5 Å². The molecule has 6 heteroatoms. The van der Waals surface area contributed by atoms with Crippen LogP contribution in [0.5, 0.6) is 0 Å². The van der Waals surface area contributed by atoms with Gasteiger partial charge in [0.1, 0.15) is 0 Å². The van der Waals surface area contributed by atoms with Crippen molar-refractivity contribution in [2.24, 2.45) is 0 Å². The molecule has 0 saturated carbocycles. The van der Waals surface area contributed by atoms with Gasteiger partial charge in [0.2, 0.25) is 0 Å². The van der Waals surface area contributed by atoms with Crippen molar-refractivity contribution in [3.05, 3.63) is 6.92 Å². The van der Waals surface area contributed by atoms with E-state index in [1.807, 2.05) is 6.92 Å². The summed E-state index contributed by atoms with van der Waals surface area (Å²) in [6, 6.07) is 0. The summed E-state index contributed by atoms with van der Waals surface area (Å²) in [5.41, 5.74) is 0. The second-order valence-electron chi connectivity index (χ2n) is 4.34. The Labute approximate surface area is 169 Å². The normalized spacial score (nSPS) is 15.3. The van der Waals surface area contributed by atoms with E-state index in [4.69, 9.17) is 9.84 Å². The van der Waals surface area contributed by atoms with Crippen molar-refractivity contribution in [3.8, 4) is 0 Å². The molecule has 0 amide bonds. The average Bonchev–Trinajstić information content (AvgIpc) is 3.15. The summed E-state index contributed by atoms with van der Waals surface area (Å²) in [6.07, 6.45) is 7.40. The van der Waals surface area contributed by atoms with Crippen molar-refractivity contribution >= 4 is 43.4 Å². The molecule has 1 saturated heterocycles.